The highest BCUT2D eigenvalue weighted by Gasteiger charge is 2.03. The highest BCUT2D eigenvalue weighted by Crippen LogP contribution is 2.25. The molecule has 2 N–H and O–H groups in total. The molecule has 90 valence electrons. The van der Waals surface area contributed by atoms with Crippen LogP contribution in [0.4, 0.5) is 5.69 Å². The van der Waals surface area contributed by atoms with Crippen LogP contribution in [0.3, 0.4) is 0 Å². The zero-order chi connectivity index (χ0) is 12.4. The van der Waals surface area contributed by atoms with Crippen LogP contribution in [0.5, 0.6) is 5.75 Å². The lowest BCUT2D eigenvalue weighted by atomic mass is 10.1. The summed E-state index contributed by atoms with van der Waals surface area (Å²) >= 11 is 0. The molecule has 2 aromatic rings. The highest BCUT2D eigenvalue weighted by atomic mass is 16.3. The lowest BCUT2D eigenvalue weighted by Gasteiger charge is -2.11. The van der Waals surface area contributed by atoms with Crippen molar-refractivity contribution in [2.75, 3.05) is 5.32 Å². The second-order valence-electron chi connectivity index (χ2n) is 4.49. The molecule has 0 radical (unpaired) electrons. The van der Waals surface area contributed by atoms with E-state index in [4.69, 9.17) is 0 Å². The number of rotatable bonds is 3. The standard InChI is InChI=1S/C14H18N2O/c1-10-7-14(17)11(2)6-13(10)15-8-12-4-5-16(3)9-12/h4-7,9,15,17H,8H2,1-3H3. The van der Waals surface area contributed by atoms with Crippen LogP contribution >= 0.6 is 0 Å². The van der Waals surface area contributed by atoms with Gasteiger partial charge in [-0.15, -0.1) is 0 Å². The molecule has 0 aliphatic carbocycles. The molecule has 0 unspecified atom stereocenters. The normalized spacial score (nSPS) is 10.5. The number of hydrogen-bond acceptors (Lipinski definition) is 2. The number of aromatic hydroxyl groups is 1. The fourth-order valence-electron chi connectivity index (χ4n) is 1.85. The maximum Gasteiger partial charge on any atom is 0.118 e. The zero-order valence-electron chi connectivity index (χ0n) is 10.5. The molecule has 2 rings (SSSR count). The molecule has 0 spiro atoms. The molecule has 1 aromatic carbocycles. The van der Waals surface area contributed by atoms with Gasteiger partial charge in [0.15, 0.2) is 0 Å². The molecule has 0 atom stereocenters. The number of aromatic nitrogens is 1. The van der Waals surface area contributed by atoms with Gasteiger partial charge in [-0.2, -0.15) is 0 Å². The molecule has 0 aliphatic rings. The summed E-state index contributed by atoms with van der Waals surface area (Å²) in [5, 5.41) is 13.0. The Morgan fingerprint density at radius 2 is 2.00 bits per heavy atom. The van der Waals surface area contributed by atoms with Gasteiger partial charge in [0.1, 0.15) is 5.75 Å². The number of anilines is 1. The van der Waals surface area contributed by atoms with Crippen LogP contribution in [-0.2, 0) is 13.6 Å². The molecule has 3 nitrogen and oxygen atoms in total. The van der Waals surface area contributed by atoms with Crippen LogP contribution in [0.25, 0.3) is 0 Å². The highest BCUT2D eigenvalue weighted by molar-refractivity contribution is 5.56. The van der Waals surface area contributed by atoms with Gasteiger partial charge in [0.2, 0.25) is 0 Å². The summed E-state index contributed by atoms with van der Waals surface area (Å²) in [6.07, 6.45) is 4.13. The van der Waals surface area contributed by atoms with E-state index < -0.39 is 0 Å². The molecule has 0 saturated heterocycles. The Labute approximate surface area is 102 Å². The number of nitrogens with one attached hydrogen (secondary N) is 1. The van der Waals surface area contributed by atoms with E-state index in [0.29, 0.717) is 5.75 Å². The summed E-state index contributed by atoms with van der Waals surface area (Å²) in [6, 6.07) is 5.87. The Morgan fingerprint density at radius 1 is 1.24 bits per heavy atom. The van der Waals surface area contributed by atoms with Crippen LogP contribution < -0.4 is 5.32 Å². The number of phenols is 1. The zero-order valence-corrected chi connectivity index (χ0v) is 10.5. The summed E-state index contributed by atoms with van der Waals surface area (Å²) < 4.78 is 2.03. The smallest absolute Gasteiger partial charge is 0.118 e. The molecule has 17 heavy (non-hydrogen) atoms. The number of phenolic OH excluding ortho intramolecular Hbond substituents is 1. The van der Waals surface area contributed by atoms with E-state index in [-0.39, 0.29) is 0 Å². The second kappa shape index (κ2) is 4.53. The predicted molar refractivity (Wildman–Crippen MR) is 70.3 cm³/mol. The Morgan fingerprint density at radius 3 is 2.65 bits per heavy atom. The Bertz CT molecular complexity index is 529. The fraction of sp³-hybridized carbons (Fsp3) is 0.286. The molecular weight excluding hydrogens is 212 g/mol. The summed E-state index contributed by atoms with van der Waals surface area (Å²) in [5.74, 6) is 0.354. The largest absolute Gasteiger partial charge is 0.508 e. The van der Waals surface area contributed by atoms with Crippen molar-refractivity contribution in [1.29, 1.82) is 0 Å². The van der Waals surface area contributed by atoms with Crippen LogP contribution in [0, 0.1) is 13.8 Å². The van der Waals surface area contributed by atoms with Crippen molar-refractivity contribution in [2.45, 2.75) is 20.4 Å². The quantitative estimate of drug-likeness (QED) is 0.795. The van der Waals surface area contributed by atoms with Crippen LogP contribution in [0.2, 0.25) is 0 Å². The van der Waals surface area contributed by atoms with Gasteiger partial charge < -0.3 is 15.0 Å². The first kappa shape index (κ1) is 11.6. The third kappa shape index (κ3) is 2.61. The van der Waals surface area contributed by atoms with E-state index in [9.17, 15) is 5.11 Å². The van der Waals surface area contributed by atoms with Crippen molar-refractivity contribution in [1.82, 2.24) is 4.57 Å². The topological polar surface area (TPSA) is 37.2 Å². The van der Waals surface area contributed by atoms with Gasteiger partial charge in [0, 0.05) is 31.7 Å². The first-order chi connectivity index (χ1) is 8.06. The minimum atomic E-state index is 0.354. The van der Waals surface area contributed by atoms with Crippen LogP contribution in [0.1, 0.15) is 16.7 Å². The van der Waals surface area contributed by atoms with Crippen molar-refractivity contribution in [2.24, 2.45) is 7.05 Å². The third-order valence-corrected chi connectivity index (χ3v) is 2.92. The van der Waals surface area contributed by atoms with E-state index in [2.05, 4.69) is 17.6 Å². The monoisotopic (exact) mass is 230 g/mol. The summed E-state index contributed by atoms with van der Waals surface area (Å²) in [7, 11) is 2.01. The second-order valence-corrected chi connectivity index (χ2v) is 4.49. The van der Waals surface area contributed by atoms with Crippen molar-refractivity contribution in [3.05, 3.63) is 47.3 Å². The maximum absolute atomic E-state index is 9.58. The van der Waals surface area contributed by atoms with Gasteiger partial charge in [0.05, 0.1) is 0 Å². The van der Waals surface area contributed by atoms with Crippen molar-refractivity contribution >= 4 is 5.69 Å². The van der Waals surface area contributed by atoms with E-state index in [1.807, 2.05) is 37.7 Å². The molecule has 0 aliphatic heterocycles. The molecule has 0 fully saturated rings. The van der Waals surface area contributed by atoms with Gasteiger partial charge >= 0.3 is 0 Å². The van der Waals surface area contributed by atoms with Crippen LogP contribution in [-0.4, -0.2) is 9.67 Å². The molecular formula is C14H18N2O. The minimum Gasteiger partial charge on any atom is -0.508 e. The van der Waals surface area contributed by atoms with E-state index in [1.165, 1.54) is 5.56 Å². The summed E-state index contributed by atoms with van der Waals surface area (Å²) in [4.78, 5) is 0. The number of benzene rings is 1. The van der Waals surface area contributed by atoms with E-state index >= 15 is 0 Å². The van der Waals surface area contributed by atoms with Crippen LogP contribution in [0.15, 0.2) is 30.6 Å². The lowest BCUT2D eigenvalue weighted by Crippen LogP contribution is -2.00. The molecule has 3 heteroatoms. The first-order valence-electron chi connectivity index (χ1n) is 5.71. The van der Waals surface area contributed by atoms with Gasteiger partial charge in [-0.3, -0.25) is 0 Å². The minimum absolute atomic E-state index is 0.354. The number of aryl methyl sites for hydroxylation is 3. The average molecular weight is 230 g/mol. The average Bonchev–Trinajstić information content (AvgIpc) is 2.68. The predicted octanol–water partition coefficient (Wildman–Crippen LogP) is 2.96. The van der Waals surface area contributed by atoms with Crippen molar-refractivity contribution < 1.29 is 5.11 Å². The molecule has 0 bridgehead atoms. The molecule has 1 heterocycles. The fourth-order valence-corrected chi connectivity index (χ4v) is 1.85. The number of hydrogen-bond donors (Lipinski definition) is 2. The Hall–Kier alpha value is -1.90. The SMILES string of the molecule is Cc1cc(NCc2ccn(C)c2)c(C)cc1O. The number of nitrogens with zero attached hydrogens (tertiary/aromatic N) is 1. The Balaban J connectivity index is 2.11. The van der Waals surface area contributed by atoms with Gasteiger partial charge in [-0.1, -0.05) is 0 Å². The summed E-state index contributed by atoms with van der Waals surface area (Å²) in [6.45, 7) is 4.70. The lowest BCUT2D eigenvalue weighted by molar-refractivity contribution is 0.471. The van der Waals surface area contributed by atoms with Crippen molar-refractivity contribution in [3.8, 4) is 5.75 Å². The third-order valence-electron chi connectivity index (χ3n) is 2.92. The van der Waals surface area contributed by atoms with Gasteiger partial charge in [0.25, 0.3) is 0 Å². The molecule has 0 amide bonds. The molecule has 1 aromatic heterocycles. The van der Waals surface area contributed by atoms with E-state index in [1.54, 1.807) is 6.07 Å². The van der Waals surface area contributed by atoms with Crippen molar-refractivity contribution in [3.63, 3.8) is 0 Å². The summed E-state index contributed by atoms with van der Waals surface area (Å²) in [5.41, 5.74) is 4.27. The first-order valence-corrected chi connectivity index (χ1v) is 5.71. The maximum atomic E-state index is 9.58. The Kier molecular flexibility index (Phi) is 3.09. The van der Waals surface area contributed by atoms with Gasteiger partial charge in [-0.25, -0.2) is 0 Å². The molecule has 0 saturated carbocycles. The van der Waals surface area contributed by atoms with E-state index in [0.717, 1.165) is 23.4 Å². The van der Waals surface area contributed by atoms with Gasteiger partial charge in [-0.05, 0) is 48.7 Å².